The fourth-order valence-electron chi connectivity index (χ4n) is 3.45. The zero-order valence-corrected chi connectivity index (χ0v) is 18.5. The van der Waals surface area contributed by atoms with Crippen LogP contribution < -0.4 is 15.0 Å². The van der Waals surface area contributed by atoms with Crippen LogP contribution in [0.5, 0.6) is 11.5 Å². The first-order valence-corrected chi connectivity index (χ1v) is 11.2. The Balaban J connectivity index is 1.68. The van der Waals surface area contributed by atoms with Crippen LogP contribution >= 0.6 is 23.4 Å². The highest BCUT2D eigenvalue weighted by molar-refractivity contribution is 7.98. The Hall–Kier alpha value is -2.22. The molecule has 1 atom stereocenters. The van der Waals surface area contributed by atoms with Gasteiger partial charge in [-0.05, 0) is 36.8 Å². The van der Waals surface area contributed by atoms with Gasteiger partial charge < -0.3 is 14.2 Å². The third-order valence-corrected chi connectivity index (χ3v) is 6.16. The summed E-state index contributed by atoms with van der Waals surface area (Å²) in [5, 5.41) is 1.77. The molecule has 0 fully saturated rings. The van der Waals surface area contributed by atoms with E-state index in [1.807, 2.05) is 37.3 Å². The number of methoxy groups -OCH3 is 1. The van der Waals surface area contributed by atoms with Crippen molar-refractivity contribution in [2.24, 2.45) is 0 Å². The highest BCUT2D eigenvalue weighted by atomic mass is 35.5. The van der Waals surface area contributed by atoms with Gasteiger partial charge in [-0.3, -0.25) is 9.36 Å². The third kappa shape index (κ3) is 4.29. The summed E-state index contributed by atoms with van der Waals surface area (Å²) in [5.41, 5.74) is 1.59. The molecule has 8 heteroatoms. The Labute approximate surface area is 184 Å². The molecule has 6 nitrogen and oxygen atoms in total. The summed E-state index contributed by atoms with van der Waals surface area (Å²) in [5.74, 6) is 1.84. The fourth-order valence-corrected chi connectivity index (χ4v) is 4.76. The molecule has 2 aromatic carbocycles. The quantitative estimate of drug-likeness (QED) is 0.403. The van der Waals surface area contributed by atoms with Crippen LogP contribution in [0, 0.1) is 0 Å². The number of benzene rings is 2. The van der Waals surface area contributed by atoms with Crippen LogP contribution in [-0.4, -0.2) is 36.5 Å². The summed E-state index contributed by atoms with van der Waals surface area (Å²) in [6.07, 6.45) is 0.819. The topological polar surface area (TPSA) is 62.6 Å². The molecule has 0 unspecified atom stereocenters. The minimum absolute atomic E-state index is 0.0654. The molecular formula is C22H23ClN2O4S. The summed E-state index contributed by atoms with van der Waals surface area (Å²) < 4.78 is 18.5. The van der Waals surface area contributed by atoms with E-state index in [0.717, 1.165) is 12.0 Å². The number of para-hydroxylation sites is 1. The molecule has 0 bridgehead atoms. The maximum Gasteiger partial charge on any atom is 0.262 e. The Bertz CT molecular complexity index is 1120. The van der Waals surface area contributed by atoms with Gasteiger partial charge in [-0.1, -0.05) is 35.5 Å². The molecule has 2 heterocycles. The van der Waals surface area contributed by atoms with E-state index in [1.54, 1.807) is 17.7 Å². The first kappa shape index (κ1) is 21.0. The van der Waals surface area contributed by atoms with E-state index in [9.17, 15) is 4.79 Å². The molecule has 0 N–H and O–H groups in total. The molecule has 0 radical (unpaired) electrons. The normalized spacial score (nSPS) is 14.5. The van der Waals surface area contributed by atoms with E-state index in [1.165, 1.54) is 11.8 Å². The number of hydrogen-bond acceptors (Lipinski definition) is 6. The van der Waals surface area contributed by atoms with Gasteiger partial charge in [-0.2, -0.15) is 0 Å². The van der Waals surface area contributed by atoms with Crippen LogP contribution in [0.25, 0.3) is 10.9 Å². The number of ether oxygens (including phenoxy) is 3. The number of halogens is 1. The summed E-state index contributed by atoms with van der Waals surface area (Å²) in [4.78, 5) is 17.9. The van der Waals surface area contributed by atoms with E-state index in [0.29, 0.717) is 58.2 Å². The number of rotatable bonds is 6. The Kier molecular flexibility index (Phi) is 6.51. The second kappa shape index (κ2) is 9.29. The van der Waals surface area contributed by atoms with Gasteiger partial charge >= 0.3 is 0 Å². The largest absolute Gasteiger partial charge is 0.489 e. The summed E-state index contributed by atoms with van der Waals surface area (Å²) >= 11 is 7.92. The SMILES string of the molecule is COC[C@@H](C)n1c(SCc2cc(Cl)c3c(c2)OCCCO3)nc2ccccc2c1=O. The zero-order valence-electron chi connectivity index (χ0n) is 16.9. The molecule has 4 rings (SSSR count). The average molecular weight is 447 g/mol. The molecule has 1 aliphatic rings. The van der Waals surface area contributed by atoms with Gasteiger partial charge in [0.15, 0.2) is 16.7 Å². The van der Waals surface area contributed by atoms with Crippen molar-refractivity contribution in [1.29, 1.82) is 0 Å². The number of fused-ring (bicyclic) bond motifs is 2. The average Bonchev–Trinajstić information content (AvgIpc) is 2.98. The van der Waals surface area contributed by atoms with Crippen molar-refractivity contribution in [3.05, 3.63) is 57.3 Å². The first-order chi connectivity index (χ1) is 14.6. The standard InChI is InChI=1S/C22H23ClN2O4S/c1-14(12-27-2)25-21(26)16-6-3-4-7-18(16)24-22(25)30-13-15-10-17(23)20-19(11-15)28-8-5-9-29-20/h3-4,6-7,10-11,14H,5,8-9,12-13H2,1-2H3/t14-/m1/s1. The van der Waals surface area contributed by atoms with Gasteiger partial charge in [-0.25, -0.2) is 4.98 Å². The lowest BCUT2D eigenvalue weighted by atomic mass is 10.2. The molecule has 0 saturated heterocycles. The van der Waals surface area contributed by atoms with E-state index in [-0.39, 0.29) is 11.6 Å². The molecule has 0 saturated carbocycles. The van der Waals surface area contributed by atoms with Gasteiger partial charge in [0.2, 0.25) is 0 Å². The van der Waals surface area contributed by atoms with E-state index in [4.69, 9.17) is 30.8 Å². The van der Waals surface area contributed by atoms with Crippen LogP contribution in [0.4, 0.5) is 0 Å². The summed E-state index contributed by atoms with van der Waals surface area (Å²) in [6, 6.07) is 11.1. The van der Waals surface area contributed by atoms with Crippen LogP contribution in [0.3, 0.4) is 0 Å². The lowest BCUT2D eigenvalue weighted by Crippen LogP contribution is -2.28. The van der Waals surface area contributed by atoms with Crippen molar-refractivity contribution in [3.8, 4) is 11.5 Å². The van der Waals surface area contributed by atoms with Crippen LogP contribution in [0.2, 0.25) is 5.02 Å². The maximum atomic E-state index is 13.2. The van der Waals surface area contributed by atoms with E-state index < -0.39 is 0 Å². The Morgan fingerprint density at radius 3 is 2.90 bits per heavy atom. The van der Waals surface area contributed by atoms with Crippen molar-refractivity contribution in [1.82, 2.24) is 9.55 Å². The van der Waals surface area contributed by atoms with Crippen LogP contribution in [0.1, 0.15) is 24.9 Å². The van der Waals surface area contributed by atoms with Gasteiger partial charge in [-0.15, -0.1) is 0 Å². The second-order valence-corrected chi connectivity index (χ2v) is 8.48. The molecule has 0 aliphatic carbocycles. The molecule has 1 aromatic heterocycles. The summed E-state index contributed by atoms with van der Waals surface area (Å²) in [6.45, 7) is 3.56. The lowest BCUT2D eigenvalue weighted by molar-refractivity contribution is 0.156. The molecule has 0 spiro atoms. The molecular weight excluding hydrogens is 424 g/mol. The minimum Gasteiger partial charge on any atom is -0.489 e. The smallest absolute Gasteiger partial charge is 0.262 e. The van der Waals surface area contributed by atoms with Gasteiger partial charge in [0, 0.05) is 19.3 Å². The van der Waals surface area contributed by atoms with Crippen LogP contribution in [0.15, 0.2) is 46.3 Å². The Morgan fingerprint density at radius 2 is 2.07 bits per heavy atom. The third-order valence-electron chi connectivity index (χ3n) is 4.85. The number of thioether (sulfide) groups is 1. The summed E-state index contributed by atoms with van der Waals surface area (Å²) in [7, 11) is 1.63. The van der Waals surface area contributed by atoms with Crippen molar-refractivity contribution in [2.75, 3.05) is 26.9 Å². The van der Waals surface area contributed by atoms with E-state index >= 15 is 0 Å². The van der Waals surface area contributed by atoms with Crippen molar-refractivity contribution in [3.63, 3.8) is 0 Å². The molecule has 0 amide bonds. The molecule has 1 aliphatic heterocycles. The molecule has 158 valence electrons. The molecule has 30 heavy (non-hydrogen) atoms. The number of hydrogen-bond donors (Lipinski definition) is 0. The number of nitrogens with zero attached hydrogens (tertiary/aromatic N) is 2. The molecule has 3 aromatic rings. The van der Waals surface area contributed by atoms with Gasteiger partial charge in [0.25, 0.3) is 5.56 Å². The highest BCUT2D eigenvalue weighted by Crippen LogP contribution is 2.39. The van der Waals surface area contributed by atoms with Crippen LogP contribution in [-0.2, 0) is 10.5 Å². The van der Waals surface area contributed by atoms with Crippen molar-refractivity contribution in [2.45, 2.75) is 30.3 Å². The zero-order chi connectivity index (χ0) is 21.1. The van der Waals surface area contributed by atoms with Gasteiger partial charge in [0.1, 0.15) is 0 Å². The second-order valence-electron chi connectivity index (χ2n) is 7.14. The maximum absolute atomic E-state index is 13.2. The number of aromatic nitrogens is 2. The Morgan fingerprint density at radius 1 is 1.27 bits per heavy atom. The minimum atomic E-state index is -0.144. The highest BCUT2D eigenvalue weighted by Gasteiger charge is 2.19. The monoisotopic (exact) mass is 446 g/mol. The predicted octanol–water partition coefficient (Wildman–Crippen LogP) is 4.71. The van der Waals surface area contributed by atoms with Gasteiger partial charge in [0.05, 0.1) is 41.8 Å². The van der Waals surface area contributed by atoms with Crippen molar-refractivity contribution >= 4 is 34.3 Å². The predicted molar refractivity (Wildman–Crippen MR) is 119 cm³/mol. The fraction of sp³-hybridized carbons (Fsp3) is 0.364. The first-order valence-electron chi connectivity index (χ1n) is 9.79. The van der Waals surface area contributed by atoms with Crippen molar-refractivity contribution < 1.29 is 14.2 Å². The van der Waals surface area contributed by atoms with E-state index in [2.05, 4.69) is 0 Å². The lowest BCUT2D eigenvalue weighted by Gasteiger charge is -2.19.